The first-order chi connectivity index (χ1) is 10.6. The number of hydrogen-bond acceptors (Lipinski definition) is 4. The van der Waals surface area contributed by atoms with Crippen LogP contribution in [0.4, 0.5) is 0 Å². The second kappa shape index (κ2) is 15.9. The van der Waals surface area contributed by atoms with Crippen LogP contribution in [0.3, 0.4) is 0 Å². The van der Waals surface area contributed by atoms with Crippen molar-refractivity contribution in [3.63, 3.8) is 0 Å². The van der Waals surface area contributed by atoms with Crippen LogP contribution in [0.2, 0.25) is 0 Å². The Morgan fingerprint density at radius 1 is 1.09 bits per heavy atom. The van der Waals surface area contributed by atoms with Gasteiger partial charge in [0.25, 0.3) is 0 Å². The molecule has 2 N–H and O–H groups in total. The molecule has 0 bridgehead atoms. The van der Waals surface area contributed by atoms with E-state index in [1.54, 1.807) is 19.1 Å². The number of benzene rings is 1. The minimum atomic E-state index is 0. The Hall–Kier alpha value is -3.18. The molecule has 22 heavy (non-hydrogen) atoms. The number of nitrogens with zero attached hydrogens (tertiary/aromatic N) is 1. The largest absolute Gasteiger partial charge is 0.508 e. The third-order valence-corrected chi connectivity index (χ3v) is 1.88. The molecule has 1 rings (SSSR count). The van der Waals surface area contributed by atoms with Crippen LogP contribution in [0.15, 0.2) is 24.3 Å². The summed E-state index contributed by atoms with van der Waals surface area (Å²) in [5.74, 6) is 17.3. The maximum Gasteiger partial charge on any atom is 0.115 e. The molecule has 0 fully saturated rings. The molecule has 0 aliphatic carbocycles. The van der Waals surface area contributed by atoms with Crippen LogP contribution >= 0.6 is 0 Å². The average molecular weight is 302 g/mol. The summed E-state index contributed by atoms with van der Waals surface area (Å²) in [5, 5.41) is 8.98. The number of hydrogen-bond donors (Lipinski definition) is 2. The minimum absolute atomic E-state index is 0. The molecule has 0 amide bonds. The molecular formula is C18H26N2O2. The highest BCUT2D eigenvalue weighted by atomic mass is 16.3. The number of phenolic OH excluding ortho intramolecular Hbond substituents is 1. The minimum Gasteiger partial charge on any atom is -0.508 e. The van der Waals surface area contributed by atoms with Gasteiger partial charge < -0.3 is 10.0 Å². The fraction of sp³-hybridized carbons (Fsp3) is 0.222. The molecule has 0 aromatic heterocycles. The summed E-state index contributed by atoms with van der Waals surface area (Å²) >= 11 is 0. The van der Waals surface area contributed by atoms with Gasteiger partial charge in [-0.1, -0.05) is 23.6 Å². The summed E-state index contributed by atoms with van der Waals surface area (Å²) in [5.41, 5.74) is 5.72. The van der Waals surface area contributed by atoms with Crippen LogP contribution in [0.1, 0.15) is 18.2 Å². The molecule has 0 atom stereocenters. The number of phenols is 1. The van der Waals surface area contributed by atoms with Crippen molar-refractivity contribution in [1.82, 2.24) is 4.90 Å². The zero-order chi connectivity index (χ0) is 17.2. The lowest BCUT2D eigenvalue weighted by atomic mass is 10.2. The summed E-state index contributed by atoms with van der Waals surface area (Å²) in [6, 6.07) is 7.27. The third-order valence-electron chi connectivity index (χ3n) is 1.88. The Balaban J connectivity index is -0.0000000623. The van der Waals surface area contributed by atoms with Crippen molar-refractivity contribution in [2.75, 3.05) is 14.1 Å². The molecule has 4 nitrogen and oxygen atoms in total. The highest BCUT2D eigenvalue weighted by Gasteiger charge is 1.93. The normalized spacial score (nSPS) is 6.86. The smallest absolute Gasteiger partial charge is 0.115 e. The van der Waals surface area contributed by atoms with Gasteiger partial charge in [0, 0.05) is 12.3 Å². The quantitative estimate of drug-likeness (QED) is 0.650. The van der Waals surface area contributed by atoms with Crippen LogP contribution < -0.4 is 0 Å². The summed E-state index contributed by atoms with van der Waals surface area (Å²) in [6.07, 6.45) is 4.82. The molecule has 0 aliphatic rings. The molecule has 0 aliphatic heterocycles. The molecule has 0 heterocycles. The van der Waals surface area contributed by atoms with Crippen LogP contribution in [0.5, 0.6) is 5.75 Å². The Kier molecular flexibility index (Phi) is 15.2. The Bertz CT molecular complexity index is 653. The van der Waals surface area contributed by atoms with Crippen molar-refractivity contribution < 1.29 is 10.8 Å². The van der Waals surface area contributed by atoms with E-state index < -0.39 is 0 Å². The second-order valence-corrected chi connectivity index (χ2v) is 3.92. The van der Waals surface area contributed by atoms with Gasteiger partial charge in [-0.3, -0.25) is 0 Å². The average Bonchev–Trinajstić information content (AvgIpc) is 2.52. The number of nitroso groups, excluding NO2 is 1. The van der Waals surface area contributed by atoms with Crippen molar-refractivity contribution >= 4 is 0 Å². The highest BCUT2D eigenvalue weighted by molar-refractivity contribution is 5.38. The highest BCUT2D eigenvalue weighted by Crippen LogP contribution is 2.10. The van der Waals surface area contributed by atoms with E-state index >= 15 is 0 Å². The molecule has 0 unspecified atom stereocenters. The van der Waals surface area contributed by atoms with E-state index in [2.05, 4.69) is 51.9 Å². The van der Waals surface area contributed by atoms with Gasteiger partial charge in [0.05, 0.1) is 0 Å². The fourth-order valence-electron chi connectivity index (χ4n) is 1.16. The van der Waals surface area contributed by atoms with Gasteiger partial charge in [0.2, 0.25) is 0 Å². The maximum absolute atomic E-state index is 8.98. The van der Waals surface area contributed by atoms with Crippen LogP contribution in [-0.4, -0.2) is 24.1 Å². The van der Waals surface area contributed by atoms with E-state index in [-0.39, 0.29) is 5.71 Å². The van der Waals surface area contributed by atoms with Gasteiger partial charge in [-0.05, 0) is 74.2 Å². The summed E-state index contributed by atoms with van der Waals surface area (Å²) in [4.78, 5) is 9.59. The van der Waals surface area contributed by atoms with E-state index in [1.807, 2.05) is 26.2 Å². The standard InChI is InChI=1S/C9H13NO.C9H4.HNO.4H2/c1-10(2)7-8-3-5-9(11)6-4-8;1-3-5-7-9-8-6-4-2;1-2;;;;/h3-6,11H,7H2,1-2H3;1H,2H3;1H;4*1H. The second-order valence-electron chi connectivity index (χ2n) is 3.92. The summed E-state index contributed by atoms with van der Waals surface area (Å²) in [6.45, 7) is 2.63. The lowest BCUT2D eigenvalue weighted by Gasteiger charge is -2.08. The lowest BCUT2D eigenvalue weighted by Crippen LogP contribution is -2.10. The molecule has 1 aromatic rings. The van der Waals surface area contributed by atoms with Gasteiger partial charge in [-0.15, -0.1) is 6.42 Å². The third kappa shape index (κ3) is 14.9. The molecule has 4 heteroatoms. The van der Waals surface area contributed by atoms with Crippen molar-refractivity contribution in [2.24, 2.45) is 0 Å². The molecule has 0 spiro atoms. The van der Waals surface area contributed by atoms with Gasteiger partial charge in [-0.2, -0.15) is 4.91 Å². The van der Waals surface area contributed by atoms with Gasteiger partial charge >= 0.3 is 0 Å². The van der Waals surface area contributed by atoms with Crippen LogP contribution in [-0.2, 0) is 6.54 Å². The number of aromatic hydroxyl groups is 1. The first-order valence-electron chi connectivity index (χ1n) is 6.10. The lowest BCUT2D eigenvalue weighted by molar-refractivity contribution is 0.402. The van der Waals surface area contributed by atoms with E-state index in [0.29, 0.717) is 5.75 Å². The Morgan fingerprint density at radius 2 is 1.59 bits per heavy atom. The first kappa shape index (κ1) is 21.1. The van der Waals surface area contributed by atoms with Crippen molar-refractivity contribution in [1.29, 1.82) is 5.59 Å². The van der Waals surface area contributed by atoms with Crippen LogP contribution in [0, 0.1) is 58.4 Å². The van der Waals surface area contributed by atoms with Crippen molar-refractivity contribution in [2.45, 2.75) is 13.5 Å². The Labute approximate surface area is 138 Å². The van der Waals surface area contributed by atoms with Crippen molar-refractivity contribution in [3.05, 3.63) is 34.7 Å². The van der Waals surface area contributed by atoms with Gasteiger partial charge in [-0.25, -0.2) is 0 Å². The van der Waals surface area contributed by atoms with E-state index in [9.17, 15) is 0 Å². The summed E-state index contributed by atoms with van der Waals surface area (Å²) < 4.78 is 0. The molecule has 1 aromatic carbocycles. The predicted octanol–water partition coefficient (Wildman–Crippen LogP) is 3.42. The monoisotopic (exact) mass is 302 g/mol. The SMILES string of the molecule is C#CC#CC#CC#CC.CN(C)Cc1ccc(O)cc1.N=O.[HH].[HH].[HH].[HH]. The fourth-order valence-corrected chi connectivity index (χ4v) is 1.16. The number of nitrogens with one attached hydrogen (secondary N) is 1. The zero-order valence-electron chi connectivity index (χ0n) is 12.9. The summed E-state index contributed by atoms with van der Waals surface area (Å²) in [7, 11) is 4.04. The predicted molar refractivity (Wildman–Crippen MR) is 97.9 cm³/mol. The van der Waals surface area contributed by atoms with E-state index in [0.717, 1.165) is 6.54 Å². The zero-order valence-corrected chi connectivity index (χ0v) is 12.9. The maximum atomic E-state index is 8.98. The van der Waals surface area contributed by atoms with E-state index in [1.165, 1.54) is 5.56 Å². The Morgan fingerprint density at radius 3 is 2.05 bits per heavy atom. The topological polar surface area (TPSA) is 64.4 Å². The number of rotatable bonds is 2. The molecule has 0 saturated carbocycles. The van der Waals surface area contributed by atoms with E-state index in [4.69, 9.17) is 16.4 Å². The molecule has 0 saturated heterocycles. The molecule has 0 radical (unpaired) electrons. The van der Waals surface area contributed by atoms with Gasteiger partial charge in [0.1, 0.15) is 5.75 Å². The first-order valence-corrected chi connectivity index (χ1v) is 6.10. The number of terminal acetylenes is 1. The van der Waals surface area contributed by atoms with Crippen molar-refractivity contribution in [3.8, 4) is 53.6 Å². The van der Waals surface area contributed by atoms with Crippen LogP contribution in [0.25, 0.3) is 0 Å². The molecule has 120 valence electrons. The molecular weight excluding hydrogens is 276 g/mol. The van der Waals surface area contributed by atoms with Gasteiger partial charge in [0.15, 0.2) is 0 Å².